The number of carbonyl (C=O) groups excluding carboxylic acids is 1. The van der Waals surface area contributed by atoms with Gasteiger partial charge in [0.1, 0.15) is 0 Å². The summed E-state index contributed by atoms with van der Waals surface area (Å²) >= 11 is 0. The van der Waals surface area contributed by atoms with Crippen molar-refractivity contribution in [3.8, 4) is 11.1 Å². The van der Waals surface area contributed by atoms with Gasteiger partial charge in [0.2, 0.25) is 0 Å². The Morgan fingerprint density at radius 1 is 0.800 bits per heavy atom. The van der Waals surface area contributed by atoms with Crippen molar-refractivity contribution in [2.24, 2.45) is 0 Å². The van der Waals surface area contributed by atoms with E-state index < -0.39 is 12.1 Å². The summed E-state index contributed by atoms with van der Waals surface area (Å²) in [5.74, 6) is -0.163. The maximum absolute atomic E-state index is 13.3. The Morgan fingerprint density at radius 2 is 1.46 bits per heavy atom. The molecule has 0 radical (unpaired) electrons. The molecule has 0 saturated heterocycles. The molecule has 4 aromatic rings. The van der Waals surface area contributed by atoms with Crippen LogP contribution in [0, 0.1) is 0 Å². The molecule has 2 atom stereocenters. The first kappa shape index (κ1) is 24.6. The quantitative estimate of drug-likeness (QED) is 0.285. The smallest absolute Gasteiger partial charge is 0.252 e. The Hall–Kier alpha value is -3.47. The third-order valence-corrected chi connectivity index (χ3v) is 6.32. The summed E-state index contributed by atoms with van der Waals surface area (Å²) < 4.78 is 0. The van der Waals surface area contributed by atoms with Crippen molar-refractivity contribution in [1.29, 1.82) is 0 Å². The van der Waals surface area contributed by atoms with Crippen LogP contribution in [0.5, 0.6) is 0 Å². The number of aliphatic hydroxyl groups is 1. The van der Waals surface area contributed by atoms with Gasteiger partial charge < -0.3 is 15.7 Å². The van der Waals surface area contributed by atoms with E-state index in [1.54, 1.807) is 0 Å². The van der Waals surface area contributed by atoms with Crippen LogP contribution < -0.4 is 10.6 Å². The van der Waals surface area contributed by atoms with Gasteiger partial charge in [-0.25, -0.2) is 0 Å². The van der Waals surface area contributed by atoms with E-state index in [-0.39, 0.29) is 5.91 Å². The monoisotopic (exact) mass is 466 g/mol. The van der Waals surface area contributed by atoms with Crippen LogP contribution in [0.25, 0.3) is 21.9 Å². The molecule has 0 aliphatic rings. The molecule has 0 heterocycles. The number of amides is 1. The van der Waals surface area contributed by atoms with Gasteiger partial charge in [0.25, 0.3) is 5.91 Å². The fourth-order valence-corrected chi connectivity index (χ4v) is 4.39. The van der Waals surface area contributed by atoms with Crippen LogP contribution in [0.1, 0.15) is 36.2 Å². The highest BCUT2D eigenvalue weighted by Gasteiger charge is 2.23. The average molecular weight is 467 g/mol. The number of fused-ring (bicyclic) bond motifs is 1. The molecule has 2 unspecified atom stereocenters. The molecule has 0 aromatic heterocycles. The SMILES string of the molecule is CC(C)NCCC(O)C(Cc1ccc(-c2ccccc2)cc1)NC(=O)c1cccc2ccccc12. The summed E-state index contributed by atoms with van der Waals surface area (Å²) in [5.41, 5.74) is 4.01. The lowest BCUT2D eigenvalue weighted by atomic mass is 9.96. The molecule has 35 heavy (non-hydrogen) atoms. The molecule has 4 heteroatoms. The summed E-state index contributed by atoms with van der Waals surface area (Å²) in [7, 11) is 0. The van der Waals surface area contributed by atoms with Crippen molar-refractivity contribution in [1.82, 2.24) is 10.6 Å². The largest absolute Gasteiger partial charge is 0.391 e. The van der Waals surface area contributed by atoms with Crippen LogP contribution in [-0.4, -0.2) is 35.7 Å². The zero-order chi connectivity index (χ0) is 24.6. The molecule has 4 aromatic carbocycles. The fraction of sp³-hybridized carbons (Fsp3) is 0.258. The number of hydrogen-bond acceptors (Lipinski definition) is 3. The zero-order valence-corrected chi connectivity index (χ0v) is 20.4. The van der Waals surface area contributed by atoms with Crippen molar-refractivity contribution in [2.45, 2.75) is 44.9 Å². The average Bonchev–Trinajstić information content (AvgIpc) is 2.88. The van der Waals surface area contributed by atoms with Crippen molar-refractivity contribution in [3.05, 3.63) is 108 Å². The summed E-state index contributed by atoms with van der Waals surface area (Å²) in [6, 6.07) is 32.2. The molecule has 0 spiro atoms. The first-order valence-electron chi connectivity index (χ1n) is 12.4. The highest BCUT2D eigenvalue weighted by Crippen LogP contribution is 2.22. The third-order valence-electron chi connectivity index (χ3n) is 6.32. The maximum Gasteiger partial charge on any atom is 0.252 e. The molecule has 3 N–H and O–H groups in total. The van der Waals surface area contributed by atoms with Gasteiger partial charge in [0, 0.05) is 11.6 Å². The number of rotatable bonds is 10. The number of nitrogens with one attached hydrogen (secondary N) is 2. The van der Waals surface area contributed by atoms with Crippen LogP contribution in [0.4, 0.5) is 0 Å². The highest BCUT2D eigenvalue weighted by molar-refractivity contribution is 6.07. The molecule has 4 nitrogen and oxygen atoms in total. The van der Waals surface area contributed by atoms with Gasteiger partial charge in [-0.3, -0.25) is 4.79 Å². The van der Waals surface area contributed by atoms with Gasteiger partial charge in [-0.05, 0) is 52.9 Å². The second-order valence-corrected chi connectivity index (χ2v) is 9.34. The lowest BCUT2D eigenvalue weighted by molar-refractivity contribution is 0.0814. The van der Waals surface area contributed by atoms with E-state index in [0.29, 0.717) is 31.0 Å². The van der Waals surface area contributed by atoms with Crippen LogP contribution in [0.2, 0.25) is 0 Å². The maximum atomic E-state index is 13.3. The number of hydrogen-bond donors (Lipinski definition) is 3. The van der Waals surface area contributed by atoms with Gasteiger partial charge in [0.15, 0.2) is 0 Å². The van der Waals surface area contributed by atoms with Crippen molar-refractivity contribution in [3.63, 3.8) is 0 Å². The van der Waals surface area contributed by atoms with E-state index in [0.717, 1.165) is 21.9 Å². The zero-order valence-electron chi connectivity index (χ0n) is 20.4. The molecular weight excluding hydrogens is 432 g/mol. The lowest BCUT2D eigenvalue weighted by Crippen LogP contribution is -2.46. The van der Waals surface area contributed by atoms with E-state index >= 15 is 0 Å². The summed E-state index contributed by atoms with van der Waals surface area (Å²) in [5, 5.41) is 19.5. The summed E-state index contributed by atoms with van der Waals surface area (Å²) in [6.07, 6.45) is 0.434. The number of aliphatic hydroxyl groups excluding tert-OH is 1. The lowest BCUT2D eigenvalue weighted by Gasteiger charge is -2.25. The topological polar surface area (TPSA) is 61.4 Å². The van der Waals surface area contributed by atoms with Crippen molar-refractivity contribution >= 4 is 16.7 Å². The second-order valence-electron chi connectivity index (χ2n) is 9.34. The van der Waals surface area contributed by atoms with Crippen LogP contribution >= 0.6 is 0 Å². The van der Waals surface area contributed by atoms with Gasteiger partial charge >= 0.3 is 0 Å². The minimum absolute atomic E-state index is 0.163. The minimum atomic E-state index is -0.672. The first-order valence-corrected chi connectivity index (χ1v) is 12.4. The Kier molecular flexibility index (Phi) is 8.30. The summed E-state index contributed by atoms with van der Waals surface area (Å²) in [4.78, 5) is 13.3. The Morgan fingerprint density at radius 3 is 2.20 bits per heavy atom. The highest BCUT2D eigenvalue weighted by atomic mass is 16.3. The summed E-state index contributed by atoms with van der Waals surface area (Å²) in [6.45, 7) is 4.85. The van der Waals surface area contributed by atoms with Gasteiger partial charge in [-0.2, -0.15) is 0 Å². The molecule has 0 saturated carbocycles. The fourth-order valence-electron chi connectivity index (χ4n) is 4.39. The Labute approximate surface area is 208 Å². The van der Waals surface area contributed by atoms with E-state index in [9.17, 15) is 9.90 Å². The van der Waals surface area contributed by atoms with Gasteiger partial charge in [-0.1, -0.05) is 105 Å². The molecule has 180 valence electrons. The van der Waals surface area contributed by atoms with Gasteiger partial charge in [0.05, 0.1) is 12.1 Å². The molecule has 0 bridgehead atoms. The van der Waals surface area contributed by atoms with Crippen molar-refractivity contribution in [2.75, 3.05) is 6.54 Å². The van der Waals surface area contributed by atoms with Crippen LogP contribution in [-0.2, 0) is 6.42 Å². The molecule has 1 amide bonds. The molecule has 4 rings (SSSR count). The normalized spacial score (nSPS) is 13.0. The second kappa shape index (κ2) is 11.8. The van der Waals surface area contributed by atoms with Crippen LogP contribution in [0.3, 0.4) is 0 Å². The standard InChI is InChI=1S/C31H34N2O2/c1-22(2)32-20-19-30(34)29(21-23-15-17-25(18-16-23)24-9-4-3-5-10-24)33-31(35)28-14-8-12-26-11-6-7-13-27(26)28/h3-18,22,29-30,32,34H,19-21H2,1-2H3,(H,33,35). The molecule has 0 aliphatic heterocycles. The minimum Gasteiger partial charge on any atom is -0.391 e. The first-order chi connectivity index (χ1) is 17.0. The van der Waals surface area contributed by atoms with Crippen LogP contribution in [0.15, 0.2) is 97.1 Å². The molecular formula is C31H34N2O2. The molecule has 0 aliphatic carbocycles. The van der Waals surface area contributed by atoms with Gasteiger partial charge in [-0.15, -0.1) is 0 Å². The van der Waals surface area contributed by atoms with E-state index in [2.05, 4.69) is 60.9 Å². The van der Waals surface area contributed by atoms with E-state index in [4.69, 9.17) is 0 Å². The predicted octanol–water partition coefficient (Wildman–Crippen LogP) is 5.60. The van der Waals surface area contributed by atoms with E-state index in [1.165, 1.54) is 5.56 Å². The number of benzene rings is 4. The number of carbonyl (C=O) groups is 1. The van der Waals surface area contributed by atoms with E-state index in [1.807, 2.05) is 60.7 Å². The Bertz CT molecular complexity index is 1230. The predicted molar refractivity (Wildman–Crippen MR) is 145 cm³/mol. The Balaban J connectivity index is 1.53. The van der Waals surface area contributed by atoms with Crippen molar-refractivity contribution < 1.29 is 9.90 Å². The molecule has 0 fully saturated rings. The third kappa shape index (κ3) is 6.56.